The molecule has 0 aromatic heterocycles. The monoisotopic (exact) mass is 298 g/mol. The lowest BCUT2D eigenvalue weighted by atomic mass is 10.1. The minimum absolute atomic E-state index is 0.0927. The topological polar surface area (TPSA) is 73.6 Å². The average Bonchev–Trinajstić information content (AvgIpc) is 2.50. The number of nitrogens with two attached hydrogens (primary N) is 1. The number of hydrogen-bond donors (Lipinski definition) is 2. The van der Waals surface area contributed by atoms with Crippen molar-refractivity contribution in [3.05, 3.63) is 22.2 Å². The van der Waals surface area contributed by atoms with Crippen molar-refractivity contribution in [1.82, 2.24) is 0 Å². The number of carbonyl (C=O) groups is 1. The number of fused-ring (bicyclic) bond motifs is 1. The molecule has 3 rings (SSSR count). The second kappa shape index (κ2) is 3.97. The molecule has 17 heavy (non-hydrogen) atoms. The Balaban J connectivity index is 1.91. The van der Waals surface area contributed by atoms with E-state index < -0.39 is 6.04 Å². The van der Waals surface area contributed by atoms with Crippen molar-refractivity contribution in [1.29, 1.82) is 0 Å². The molecule has 1 aromatic carbocycles. The molecule has 1 unspecified atom stereocenters. The first-order valence-corrected chi connectivity index (χ1v) is 6.09. The average molecular weight is 299 g/mol. The first-order chi connectivity index (χ1) is 8.15. The maximum absolute atomic E-state index is 11.4. The van der Waals surface area contributed by atoms with Gasteiger partial charge in [0.15, 0.2) is 0 Å². The number of ether oxygens (including phenoxy) is 2. The minimum Gasteiger partial charge on any atom is -0.484 e. The van der Waals surface area contributed by atoms with E-state index in [1.54, 1.807) is 6.07 Å². The molecule has 1 saturated heterocycles. The maximum Gasteiger partial charge on any atom is 0.245 e. The second-order valence-corrected chi connectivity index (χ2v) is 4.97. The molecular weight excluding hydrogens is 288 g/mol. The lowest BCUT2D eigenvalue weighted by molar-refractivity contribution is -0.116. The summed E-state index contributed by atoms with van der Waals surface area (Å²) in [7, 11) is 0. The lowest BCUT2D eigenvalue weighted by Gasteiger charge is -2.27. The first kappa shape index (κ1) is 11.0. The molecule has 0 bridgehead atoms. The third-order valence-electron chi connectivity index (χ3n) is 2.88. The van der Waals surface area contributed by atoms with Crippen LogP contribution in [0.2, 0.25) is 0 Å². The number of rotatable bonds is 2. The van der Waals surface area contributed by atoms with Gasteiger partial charge in [0, 0.05) is 17.3 Å². The van der Waals surface area contributed by atoms with E-state index in [0.717, 1.165) is 15.7 Å². The van der Waals surface area contributed by atoms with Crippen molar-refractivity contribution in [3.63, 3.8) is 0 Å². The van der Waals surface area contributed by atoms with Crippen molar-refractivity contribution >= 4 is 27.5 Å². The molecule has 5 nitrogen and oxygen atoms in total. The van der Waals surface area contributed by atoms with Crippen LogP contribution >= 0.6 is 15.9 Å². The number of carbonyl (C=O) groups excluding carboxylic acids is 1. The molecule has 6 heteroatoms. The van der Waals surface area contributed by atoms with E-state index >= 15 is 0 Å². The molecule has 1 fully saturated rings. The Labute approximate surface area is 106 Å². The summed E-state index contributed by atoms with van der Waals surface area (Å²) >= 11 is 3.42. The molecule has 0 radical (unpaired) electrons. The highest BCUT2D eigenvalue weighted by atomic mass is 79.9. The van der Waals surface area contributed by atoms with Crippen LogP contribution in [0.1, 0.15) is 11.6 Å². The molecule has 0 spiro atoms. The van der Waals surface area contributed by atoms with Gasteiger partial charge < -0.3 is 20.5 Å². The van der Waals surface area contributed by atoms with Crippen LogP contribution in [0, 0.1) is 0 Å². The Morgan fingerprint density at radius 2 is 2.24 bits per heavy atom. The van der Waals surface area contributed by atoms with Crippen molar-refractivity contribution in [3.8, 4) is 5.75 Å². The Kier molecular flexibility index (Phi) is 2.57. The van der Waals surface area contributed by atoms with Gasteiger partial charge in [0.05, 0.1) is 17.7 Å². The van der Waals surface area contributed by atoms with E-state index in [2.05, 4.69) is 21.2 Å². The Hall–Kier alpha value is -1.11. The Morgan fingerprint density at radius 1 is 1.47 bits per heavy atom. The Morgan fingerprint density at radius 3 is 2.88 bits per heavy atom. The molecule has 90 valence electrons. The fraction of sp³-hybridized carbons (Fsp3) is 0.364. The van der Waals surface area contributed by atoms with Crippen molar-refractivity contribution in [2.75, 3.05) is 18.5 Å². The van der Waals surface area contributed by atoms with Crippen molar-refractivity contribution in [2.45, 2.75) is 12.1 Å². The zero-order chi connectivity index (χ0) is 12.0. The molecule has 1 amide bonds. The van der Waals surface area contributed by atoms with Gasteiger partial charge in [-0.3, -0.25) is 4.79 Å². The van der Waals surface area contributed by atoms with Crippen LogP contribution in [-0.4, -0.2) is 25.2 Å². The summed E-state index contributed by atoms with van der Waals surface area (Å²) in [6, 6.07) is 3.03. The smallest absolute Gasteiger partial charge is 0.245 e. The van der Waals surface area contributed by atoms with Gasteiger partial charge in [-0.2, -0.15) is 0 Å². The van der Waals surface area contributed by atoms with Crippen LogP contribution in [0.4, 0.5) is 5.69 Å². The predicted molar refractivity (Wildman–Crippen MR) is 64.9 cm³/mol. The minimum atomic E-state index is -0.595. The number of halogens is 1. The molecule has 2 heterocycles. The summed E-state index contributed by atoms with van der Waals surface area (Å²) in [4.78, 5) is 11.4. The normalized spacial score (nSPS) is 22.9. The number of nitrogens with one attached hydrogen (secondary N) is 1. The van der Waals surface area contributed by atoms with Gasteiger partial charge in [0.1, 0.15) is 17.9 Å². The lowest BCUT2D eigenvalue weighted by Crippen LogP contribution is -2.38. The summed E-state index contributed by atoms with van der Waals surface area (Å²) in [5.41, 5.74) is 7.27. The van der Waals surface area contributed by atoms with E-state index in [-0.39, 0.29) is 12.0 Å². The summed E-state index contributed by atoms with van der Waals surface area (Å²) in [5, 5.41) is 2.73. The van der Waals surface area contributed by atoms with E-state index in [1.807, 2.05) is 6.07 Å². The van der Waals surface area contributed by atoms with Crippen LogP contribution in [-0.2, 0) is 9.53 Å². The fourth-order valence-corrected chi connectivity index (χ4v) is 2.29. The van der Waals surface area contributed by atoms with Gasteiger partial charge in [-0.05, 0) is 22.0 Å². The van der Waals surface area contributed by atoms with Crippen LogP contribution < -0.4 is 15.8 Å². The van der Waals surface area contributed by atoms with Crippen LogP contribution in [0.3, 0.4) is 0 Å². The standard InChI is InChI=1S/C11H11BrN2O3/c12-7-1-6-8(14-11(15)10(6)13)2-9(7)17-5-3-16-4-5/h1-2,5,10H,3-4,13H2,(H,14,15). The number of benzene rings is 1. The van der Waals surface area contributed by atoms with Crippen molar-refractivity contribution in [2.24, 2.45) is 5.73 Å². The number of hydrogen-bond acceptors (Lipinski definition) is 4. The number of amides is 1. The molecule has 2 aliphatic heterocycles. The molecule has 2 aliphatic rings. The van der Waals surface area contributed by atoms with E-state index in [4.69, 9.17) is 15.2 Å². The fourth-order valence-electron chi connectivity index (χ4n) is 1.84. The highest BCUT2D eigenvalue weighted by Gasteiger charge is 2.29. The van der Waals surface area contributed by atoms with Crippen molar-refractivity contribution < 1.29 is 14.3 Å². The zero-order valence-corrected chi connectivity index (χ0v) is 10.5. The van der Waals surface area contributed by atoms with E-state index in [9.17, 15) is 4.79 Å². The van der Waals surface area contributed by atoms with Gasteiger partial charge in [-0.1, -0.05) is 0 Å². The first-order valence-electron chi connectivity index (χ1n) is 5.29. The van der Waals surface area contributed by atoms with E-state index in [0.29, 0.717) is 19.0 Å². The van der Waals surface area contributed by atoms with Gasteiger partial charge in [-0.25, -0.2) is 0 Å². The maximum atomic E-state index is 11.4. The summed E-state index contributed by atoms with van der Waals surface area (Å²) in [6.07, 6.45) is 0.0927. The molecule has 0 saturated carbocycles. The van der Waals surface area contributed by atoms with Crippen LogP contribution in [0.25, 0.3) is 0 Å². The highest BCUT2D eigenvalue weighted by Crippen LogP contribution is 2.38. The predicted octanol–water partition coefficient (Wildman–Crippen LogP) is 1.18. The van der Waals surface area contributed by atoms with Gasteiger partial charge in [0.2, 0.25) is 5.91 Å². The molecule has 3 N–H and O–H groups in total. The zero-order valence-electron chi connectivity index (χ0n) is 8.90. The van der Waals surface area contributed by atoms with Crippen LogP contribution in [0.15, 0.2) is 16.6 Å². The van der Waals surface area contributed by atoms with Crippen LogP contribution in [0.5, 0.6) is 5.75 Å². The van der Waals surface area contributed by atoms with Gasteiger partial charge in [0.25, 0.3) is 0 Å². The Bertz CT molecular complexity index is 488. The highest BCUT2D eigenvalue weighted by molar-refractivity contribution is 9.10. The quantitative estimate of drug-likeness (QED) is 0.860. The molecule has 1 atom stereocenters. The molecule has 1 aromatic rings. The summed E-state index contributed by atoms with van der Waals surface area (Å²) < 4.78 is 11.6. The summed E-state index contributed by atoms with van der Waals surface area (Å²) in [5.74, 6) is 0.516. The molecule has 0 aliphatic carbocycles. The largest absolute Gasteiger partial charge is 0.484 e. The summed E-state index contributed by atoms with van der Waals surface area (Å²) in [6.45, 7) is 1.21. The van der Waals surface area contributed by atoms with E-state index in [1.165, 1.54) is 0 Å². The third-order valence-corrected chi connectivity index (χ3v) is 3.50. The third kappa shape index (κ3) is 1.82. The van der Waals surface area contributed by atoms with Gasteiger partial charge >= 0.3 is 0 Å². The SMILES string of the molecule is NC1C(=O)Nc2cc(OC3COC3)c(Br)cc21. The second-order valence-electron chi connectivity index (χ2n) is 4.11. The molecular formula is C11H11BrN2O3. The van der Waals surface area contributed by atoms with Gasteiger partial charge in [-0.15, -0.1) is 0 Å². The number of anilines is 1.